The van der Waals surface area contributed by atoms with Crippen molar-refractivity contribution in [3.8, 4) is 0 Å². The summed E-state index contributed by atoms with van der Waals surface area (Å²) in [5.41, 5.74) is 0.899. The van der Waals surface area contributed by atoms with Crippen LogP contribution in [-0.2, 0) is 0 Å². The van der Waals surface area contributed by atoms with Crippen molar-refractivity contribution in [3.63, 3.8) is 0 Å². The summed E-state index contributed by atoms with van der Waals surface area (Å²) in [6.45, 7) is -2.72. The van der Waals surface area contributed by atoms with Gasteiger partial charge in [-0.25, -0.2) is 0 Å². The minimum atomic E-state index is -4.73. The molecule has 0 radical (unpaired) electrons. The number of rotatable bonds is 3. The van der Waals surface area contributed by atoms with Gasteiger partial charge in [0.2, 0.25) is 0 Å². The van der Waals surface area contributed by atoms with Gasteiger partial charge in [-0.2, -0.15) is 0 Å². The Bertz CT molecular complexity index is 411. The fraction of sp³-hybridized carbons (Fsp3) is 0.455. The second kappa shape index (κ2) is 7.68. The van der Waals surface area contributed by atoms with E-state index in [1.54, 1.807) is 6.07 Å². The maximum absolute atomic E-state index is 12.3. The van der Waals surface area contributed by atoms with Crippen LogP contribution in [-0.4, -0.2) is 44.5 Å². The second-order valence-electron chi connectivity index (χ2n) is 4.45. The topological polar surface area (TPSA) is 6.48 Å². The zero-order chi connectivity index (χ0) is 13.2. The molecule has 0 spiro atoms. The molecule has 1 aliphatic heterocycles. The summed E-state index contributed by atoms with van der Waals surface area (Å²) < 4.78 is 36.9. The number of piperazine rings is 1. The predicted molar refractivity (Wildman–Crippen MR) is 69.2 cm³/mol. The molecule has 2 rings (SSSR count). The van der Waals surface area contributed by atoms with Crippen molar-refractivity contribution < 1.29 is 64.3 Å². The minimum Gasteiger partial charge on any atom is -0.448 e. The molecule has 19 heavy (non-hydrogen) atoms. The zero-order valence-corrected chi connectivity index (χ0v) is 14.7. The quantitative estimate of drug-likeness (QED) is 0.716. The van der Waals surface area contributed by atoms with Crippen LogP contribution in [0.1, 0.15) is 0 Å². The Kier molecular flexibility index (Phi) is 7.20. The summed E-state index contributed by atoms with van der Waals surface area (Å²) in [6.07, 6.45) is -0.767. The minimum absolute atomic E-state index is 0. The van der Waals surface area contributed by atoms with E-state index >= 15 is 0 Å². The van der Waals surface area contributed by atoms with Crippen molar-refractivity contribution in [3.05, 3.63) is 29.3 Å². The molecule has 0 bridgehead atoms. The first-order chi connectivity index (χ1) is 8.46. The third-order valence-corrected chi connectivity index (χ3v) is 3.35. The average Bonchev–Trinajstić information content (AvgIpc) is 2.29. The van der Waals surface area contributed by atoms with Crippen LogP contribution in [0.5, 0.6) is 0 Å². The smallest absolute Gasteiger partial charge is 0.448 e. The molecule has 2 nitrogen and oxygen atoms in total. The number of nitrogens with zero attached hydrogens (tertiary/aromatic N) is 2. The molecule has 0 unspecified atom stereocenters. The van der Waals surface area contributed by atoms with Gasteiger partial charge in [-0.3, -0.25) is 0 Å². The van der Waals surface area contributed by atoms with E-state index in [1.807, 2.05) is 23.1 Å². The van der Waals surface area contributed by atoms with Gasteiger partial charge in [0, 0.05) is 26.2 Å². The largest absolute Gasteiger partial charge is 1.00 e. The summed E-state index contributed by atoms with van der Waals surface area (Å²) in [6, 6.07) is 7.41. The van der Waals surface area contributed by atoms with E-state index in [4.69, 9.17) is 11.6 Å². The number of para-hydroxylation sites is 1. The SMILES string of the molecule is F[B-](F)(F)CN1CCN(c2ccccc2Cl)CC1.[K+]. The monoisotopic (exact) mass is 316 g/mol. The summed E-state index contributed by atoms with van der Waals surface area (Å²) in [7, 11) is 0. The van der Waals surface area contributed by atoms with Crippen LogP contribution < -0.4 is 56.3 Å². The molecule has 0 atom stereocenters. The van der Waals surface area contributed by atoms with Crippen LogP contribution in [0.3, 0.4) is 0 Å². The van der Waals surface area contributed by atoms with Gasteiger partial charge in [0.15, 0.2) is 0 Å². The molecule has 8 heteroatoms. The van der Waals surface area contributed by atoms with Crippen molar-refractivity contribution in [1.29, 1.82) is 0 Å². The van der Waals surface area contributed by atoms with E-state index in [-0.39, 0.29) is 51.4 Å². The Balaban J connectivity index is 0.00000180. The third-order valence-electron chi connectivity index (χ3n) is 3.03. The van der Waals surface area contributed by atoms with Crippen molar-refractivity contribution in [2.75, 3.05) is 37.5 Å². The van der Waals surface area contributed by atoms with E-state index in [2.05, 4.69) is 0 Å². The summed E-state index contributed by atoms with van der Waals surface area (Å²) >= 11 is 6.07. The molecular formula is C11H14BClF3KN2. The predicted octanol–water partition coefficient (Wildman–Crippen LogP) is -0.147. The molecule has 0 aromatic heterocycles. The Hall–Kier alpha value is 0.761. The van der Waals surface area contributed by atoms with Crippen LogP contribution in [0.2, 0.25) is 5.02 Å². The van der Waals surface area contributed by atoms with Gasteiger partial charge in [-0.05, 0) is 18.6 Å². The molecule has 1 heterocycles. The Morgan fingerprint density at radius 3 is 2.16 bits per heavy atom. The van der Waals surface area contributed by atoms with Gasteiger partial charge < -0.3 is 22.7 Å². The van der Waals surface area contributed by atoms with E-state index in [1.165, 1.54) is 4.90 Å². The number of anilines is 1. The average molecular weight is 317 g/mol. The normalized spacial score (nSPS) is 17.2. The fourth-order valence-corrected chi connectivity index (χ4v) is 2.43. The van der Waals surface area contributed by atoms with Crippen molar-refractivity contribution in [2.45, 2.75) is 0 Å². The number of hydrogen-bond donors (Lipinski definition) is 0. The molecule has 1 fully saturated rings. The van der Waals surface area contributed by atoms with Gasteiger partial charge >= 0.3 is 58.4 Å². The molecule has 1 aliphatic rings. The zero-order valence-electron chi connectivity index (χ0n) is 10.8. The Morgan fingerprint density at radius 2 is 1.63 bits per heavy atom. The molecule has 0 aliphatic carbocycles. The van der Waals surface area contributed by atoms with Crippen LogP contribution in [0.4, 0.5) is 18.6 Å². The first-order valence-electron chi connectivity index (χ1n) is 5.88. The number of benzene rings is 1. The summed E-state index contributed by atoms with van der Waals surface area (Å²) in [5, 5.41) is 0.644. The Labute approximate surface area is 158 Å². The molecular weight excluding hydrogens is 302 g/mol. The summed E-state index contributed by atoms with van der Waals surface area (Å²) in [5.74, 6) is 0. The standard InChI is InChI=1S/C11H14BClF3N2.K/c13-10-3-1-2-4-11(10)18-7-5-17(6-8-18)9-12(14,15)16;/h1-4H,5-9H2;/q-1;+1. The van der Waals surface area contributed by atoms with Gasteiger partial charge in [-0.15, -0.1) is 0 Å². The number of hydrogen-bond acceptors (Lipinski definition) is 2. The third kappa shape index (κ3) is 5.57. The molecule has 0 amide bonds. The maximum Gasteiger partial charge on any atom is 1.00 e. The molecule has 1 aromatic carbocycles. The van der Waals surface area contributed by atoms with E-state index in [0.717, 1.165) is 5.69 Å². The number of halogens is 4. The van der Waals surface area contributed by atoms with Crippen molar-refractivity contribution in [1.82, 2.24) is 4.90 Å². The van der Waals surface area contributed by atoms with Gasteiger partial charge in [0.1, 0.15) is 0 Å². The van der Waals surface area contributed by atoms with Crippen LogP contribution >= 0.6 is 11.6 Å². The molecule has 100 valence electrons. The first-order valence-corrected chi connectivity index (χ1v) is 6.26. The van der Waals surface area contributed by atoms with E-state index in [0.29, 0.717) is 31.2 Å². The Morgan fingerprint density at radius 1 is 1.05 bits per heavy atom. The summed E-state index contributed by atoms with van der Waals surface area (Å²) in [4.78, 5) is 3.48. The van der Waals surface area contributed by atoms with E-state index < -0.39 is 13.4 Å². The molecule has 0 saturated carbocycles. The van der Waals surface area contributed by atoms with Crippen LogP contribution in [0.15, 0.2) is 24.3 Å². The van der Waals surface area contributed by atoms with Crippen LogP contribution in [0.25, 0.3) is 0 Å². The van der Waals surface area contributed by atoms with Crippen molar-refractivity contribution >= 4 is 24.3 Å². The second-order valence-corrected chi connectivity index (χ2v) is 4.86. The van der Waals surface area contributed by atoms with Crippen LogP contribution in [0, 0.1) is 0 Å². The van der Waals surface area contributed by atoms with Gasteiger partial charge in [-0.1, -0.05) is 23.7 Å². The molecule has 1 aromatic rings. The maximum atomic E-state index is 12.3. The van der Waals surface area contributed by atoms with Crippen molar-refractivity contribution in [2.24, 2.45) is 0 Å². The van der Waals surface area contributed by atoms with E-state index in [9.17, 15) is 12.9 Å². The molecule has 1 saturated heterocycles. The van der Waals surface area contributed by atoms with Gasteiger partial charge in [0.25, 0.3) is 0 Å². The fourth-order valence-electron chi connectivity index (χ4n) is 2.17. The van der Waals surface area contributed by atoms with Gasteiger partial charge in [0.05, 0.1) is 10.7 Å². The molecule has 0 N–H and O–H groups in total. The first kappa shape index (κ1) is 17.8.